The number of hydrogen-bond acceptors (Lipinski definition) is 6. The van der Waals surface area contributed by atoms with Gasteiger partial charge in [-0.1, -0.05) is 18.2 Å². The predicted octanol–water partition coefficient (Wildman–Crippen LogP) is 3.42. The van der Waals surface area contributed by atoms with E-state index in [1.807, 2.05) is 19.9 Å². The van der Waals surface area contributed by atoms with Gasteiger partial charge in [-0.2, -0.15) is 4.98 Å². The molecule has 0 spiro atoms. The molecule has 1 aliphatic heterocycles. The molecule has 1 aliphatic rings. The summed E-state index contributed by atoms with van der Waals surface area (Å²) in [6.07, 6.45) is -0.250. The smallest absolute Gasteiger partial charge is 0.409 e. The molecule has 0 radical (unpaired) electrons. The molecule has 27 heavy (non-hydrogen) atoms. The van der Waals surface area contributed by atoms with E-state index in [9.17, 15) is 4.79 Å². The molecule has 1 aromatic heterocycles. The summed E-state index contributed by atoms with van der Waals surface area (Å²) in [6.45, 7) is 10.9. The quantitative estimate of drug-likeness (QED) is 0.890. The van der Waals surface area contributed by atoms with Crippen LogP contribution < -0.4 is 10.2 Å². The van der Waals surface area contributed by atoms with Gasteiger partial charge < -0.3 is 19.9 Å². The summed E-state index contributed by atoms with van der Waals surface area (Å²) in [6, 6.07) is 8.16. The van der Waals surface area contributed by atoms with Crippen LogP contribution in [0.4, 0.5) is 22.2 Å². The third-order valence-electron chi connectivity index (χ3n) is 4.67. The fourth-order valence-electron chi connectivity index (χ4n) is 3.20. The number of anilines is 3. The predicted molar refractivity (Wildman–Crippen MR) is 107 cm³/mol. The van der Waals surface area contributed by atoms with Crippen molar-refractivity contribution >= 4 is 23.5 Å². The normalized spacial score (nSPS) is 14.2. The molecule has 2 aromatic rings. The average Bonchev–Trinajstić information content (AvgIpc) is 2.65. The van der Waals surface area contributed by atoms with E-state index in [0.717, 1.165) is 17.2 Å². The highest BCUT2D eigenvalue weighted by Gasteiger charge is 2.23. The number of rotatable bonds is 4. The van der Waals surface area contributed by atoms with Gasteiger partial charge in [-0.25, -0.2) is 9.78 Å². The van der Waals surface area contributed by atoms with Crippen molar-refractivity contribution in [2.45, 2.75) is 27.7 Å². The highest BCUT2D eigenvalue weighted by Crippen LogP contribution is 2.25. The first-order valence-electron chi connectivity index (χ1n) is 9.33. The second-order valence-electron chi connectivity index (χ2n) is 6.76. The maximum atomic E-state index is 11.9. The van der Waals surface area contributed by atoms with Crippen molar-refractivity contribution in [3.05, 3.63) is 41.1 Å². The number of nitrogens with one attached hydrogen (secondary N) is 1. The molecule has 0 atom stereocenters. The monoisotopic (exact) mass is 369 g/mol. The van der Waals surface area contributed by atoms with Gasteiger partial charge in [-0.15, -0.1) is 0 Å². The molecule has 1 aromatic carbocycles. The van der Waals surface area contributed by atoms with Gasteiger partial charge >= 0.3 is 6.09 Å². The summed E-state index contributed by atoms with van der Waals surface area (Å²) < 4.78 is 5.08. The van der Waals surface area contributed by atoms with Crippen molar-refractivity contribution in [2.75, 3.05) is 43.0 Å². The first-order chi connectivity index (χ1) is 13.0. The van der Waals surface area contributed by atoms with Gasteiger partial charge in [-0.05, 0) is 38.8 Å². The van der Waals surface area contributed by atoms with Gasteiger partial charge in [0.25, 0.3) is 0 Å². The molecular formula is C20H27N5O2. The number of amides is 1. The number of aryl methyl sites for hydroxylation is 3. The number of ether oxygens (including phenoxy) is 1. The number of carbonyl (C=O) groups is 1. The Balaban J connectivity index is 1.74. The summed E-state index contributed by atoms with van der Waals surface area (Å²) >= 11 is 0. The van der Waals surface area contributed by atoms with Crippen LogP contribution in [0.2, 0.25) is 0 Å². The first kappa shape index (κ1) is 18.9. The Labute approximate surface area is 160 Å². The van der Waals surface area contributed by atoms with E-state index in [-0.39, 0.29) is 6.09 Å². The lowest BCUT2D eigenvalue weighted by atomic mass is 10.1. The van der Waals surface area contributed by atoms with E-state index >= 15 is 0 Å². The molecule has 1 amide bonds. The van der Waals surface area contributed by atoms with E-state index in [0.29, 0.717) is 38.7 Å². The van der Waals surface area contributed by atoms with Crippen molar-refractivity contribution in [2.24, 2.45) is 0 Å². The molecule has 1 N–H and O–H groups in total. The Kier molecular flexibility index (Phi) is 5.78. The summed E-state index contributed by atoms with van der Waals surface area (Å²) in [4.78, 5) is 25.0. The molecule has 0 bridgehead atoms. The minimum Gasteiger partial charge on any atom is -0.450 e. The van der Waals surface area contributed by atoms with Gasteiger partial charge in [0.15, 0.2) is 0 Å². The number of nitrogens with zero attached hydrogens (tertiary/aromatic N) is 4. The second kappa shape index (κ2) is 8.24. The summed E-state index contributed by atoms with van der Waals surface area (Å²) in [5, 5.41) is 3.44. The SMILES string of the molecule is CCOC(=O)N1CCN(c2nc(C)cc(Nc3c(C)cccc3C)n2)CC1. The number of aromatic nitrogens is 2. The molecule has 7 heteroatoms. The van der Waals surface area contributed by atoms with Crippen molar-refractivity contribution < 1.29 is 9.53 Å². The number of benzene rings is 1. The van der Waals surface area contributed by atoms with Crippen LogP contribution in [0.25, 0.3) is 0 Å². The summed E-state index contributed by atoms with van der Waals surface area (Å²) in [5.74, 6) is 1.47. The molecule has 1 saturated heterocycles. The molecule has 0 saturated carbocycles. The van der Waals surface area contributed by atoms with Gasteiger partial charge in [0.1, 0.15) is 5.82 Å². The van der Waals surface area contributed by atoms with E-state index in [2.05, 4.69) is 47.2 Å². The van der Waals surface area contributed by atoms with Crippen LogP contribution in [0, 0.1) is 20.8 Å². The highest BCUT2D eigenvalue weighted by atomic mass is 16.6. The third-order valence-corrected chi connectivity index (χ3v) is 4.67. The molecule has 1 fully saturated rings. The minimum atomic E-state index is -0.250. The van der Waals surface area contributed by atoms with Crippen LogP contribution >= 0.6 is 0 Å². The Morgan fingerprint density at radius 3 is 2.41 bits per heavy atom. The van der Waals surface area contributed by atoms with Gasteiger partial charge in [0.05, 0.1) is 6.61 Å². The summed E-state index contributed by atoms with van der Waals surface area (Å²) in [5.41, 5.74) is 4.34. The Hall–Kier alpha value is -2.83. The van der Waals surface area contributed by atoms with Crippen molar-refractivity contribution in [1.29, 1.82) is 0 Å². The van der Waals surface area contributed by atoms with E-state index in [1.165, 1.54) is 11.1 Å². The molecule has 7 nitrogen and oxygen atoms in total. The standard InChI is InChI=1S/C20H27N5O2/c1-5-27-20(26)25-11-9-24(10-12-25)19-21-16(4)13-17(23-19)22-18-14(2)7-6-8-15(18)3/h6-8,13H,5,9-12H2,1-4H3,(H,21,22,23). The fourth-order valence-corrected chi connectivity index (χ4v) is 3.20. The molecule has 144 valence electrons. The van der Waals surface area contributed by atoms with Crippen LogP contribution in [0.3, 0.4) is 0 Å². The molecule has 0 unspecified atom stereocenters. The van der Waals surface area contributed by atoms with Gasteiger partial charge in [-0.3, -0.25) is 0 Å². The maximum Gasteiger partial charge on any atom is 0.409 e. The minimum absolute atomic E-state index is 0.250. The van der Waals surface area contributed by atoms with E-state index in [4.69, 9.17) is 9.72 Å². The van der Waals surface area contributed by atoms with Crippen LogP contribution in [-0.4, -0.2) is 53.7 Å². The third kappa shape index (κ3) is 4.48. The molecule has 0 aliphatic carbocycles. The van der Waals surface area contributed by atoms with Crippen LogP contribution in [-0.2, 0) is 4.74 Å². The summed E-state index contributed by atoms with van der Waals surface area (Å²) in [7, 11) is 0. The second-order valence-corrected chi connectivity index (χ2v) is 6.76. The molecule has 3 rings (SSSR count). The number of piperazine rings is 1. The lowest BCUT2D eigenvalue weighted by molar-refractivity contribution is 0.105. The fraction of sp³-hybridized carbons (Fsp3) is 0.450. The van der Waals surface area contributed by atoms with E-state index < -0.39 is 0 Å². The lowest BCUT2D eigenvalue weighted by Gasteiger charge is -2.34. The van der Waals surface area contributed by atoms with Crippen molar-refractivity contribution in [3.63, 3.8) is 0 Å². The van der Waals surface area contributed by atoms with E-state index in [1.54, 1.807) is 4.90 Å². The Morgan fingerprint density at radius 2 is 1.78 bits per heavy atom. The molecule has 2 heterocycles. The zero-order valence-electron chi connectivity index (χ0n) is 16.5. The number of para-hydroxylation sites is 1. The Bertz CT molecular complexity index is 796. The average molecular weight is 369 g/mol. The van der Waals surface area contributed by atoms with Crippen LogP contribution in [0.15, 0.2) is 24.3 Å². The zero-order valence-corrected chi connectivity index (χ0v) is 16.5. The highest BCUT2D eigenvalue weighted by molar-refractivity contribution is 5.68. The van der Waals surface area contributed by atoms with Gasteiger partial charge in [0, 0.05) is 43.6 Å². The number of hydrogen-bond donors (Lipinski definition) is 1. The van der Waals surface area contributed by atoms with Crippen LogP contribution in [0.1, 0.15) is 23.7 Å². The van der Waals surface area contributed by atoms with Crippen molar-refractivity contribution in [1.82, 2.24) is 14.9 Å². The number of carbonyl (C=O) groups excluding carboxylic acids is 1. The van der Waals surface area contributed by atoms with Crippen LogP contribution in [0.5, 0.6) is 0 Å². The maximum absolute atomic E-state index is 11.9. The zero-order chi connectivity index (χ0) is 19.4. The Morgan fingerprint density at radius 1 is 1.11 bits per heavy atom. The van der Waals surface area contributed by atoms with Crippen molar-refractivity contribution in [3.8, 4) is 0 Å². The molecular weight excluding hydrogens is 342 g/mol. The topological polar surface area (TPSA) is 70.6 Å². The first-order valence-corrected chi connectivity index (χ1v) is 9.33. The largest absolute Gasteiger partial charge is 0.450 e. The van der Waals surface area contributed by atoms with Gasteiger partial charge in [0.2, 0.25) is 5.95 Å². The lowest BCUT2D eigenvalue weighted by Crippen LogP contribution is -2.49.